The number of alkyl halides is 1. The zero-order valence-electron chi connectivity index (χ0n) is 15.5. The normalized spacial score (nSPS) is 13.6. The highest BCUT2D eigenvalue weighted by Crippen LogP contribution is 2.20. The smallest absolute Gasteiger partial charge is 0.212 e. The maximum absolute atomic E-state index is 12.2. The van der Waals surface area contributed by atoms with Crippen LogP contribution in [0.15, 0.2) is 24.3 Å². The fourth-order valence-electron chi connectivity index (χ4n) is 2.16. The molecule has 5 nitrogen and oxygen atoms in total. The molecule has 1 aromatic carbocycles. The van der Waals surface area contributed by atoms with E-state index in [4.69, 9.17) is 9.47 Å². The summed E-state index contributed by atoms with van der Waals surface area (Å²) in [5, 5.41) is 0. The highest BCUT2D eigenvalue weighted by Gasteiger charge is 2.16. The minimum Gasteiger partial charge on any atom is -0.491 e. The van der Waals surface area contributed by atoms with E-state index in [0.717, 1.165) is 5.56 Å². The Morgan fingerprint density at radius 1 is 1.24 bits per heavy atom. The molecular formula is C18H30FNO4S. The monoisotopic (exact) mass is 375 g/mol. The van der Waals surface area contributed by atoms with Crippen LogP contribution in [0.3, 0.4) is 0 Å². The van der Waals surface area contributed by atoms with Crippen molar-refractivity contribution < 1.29 is 22.3 Å². The molecule has 0 heterocycles. The summed E-state index contributed by atoms with van der Waals surface area (Å²) in [5.41, 5.74) is 0.838. The molecular weight excluding hydrogens is 345 g/mol. The van der Waals surface area contributed by atoms with E-state index in [1.165, 1.54) is 0 Å². The Kier molecular flexibility index (Phi) is 8.82. The average molecular weight is 376 g/mol. The standard InChI is InChI=1S/C18H30FNO4S/c1-15(16-7-5-8-17(13-16)24-11-9-19)20-25(21,22)12-6-10-23-14-18(2,3)4/h5,7-8,13,15,20H,6,9-12,14H2,1-4H3/t15-/m1/s1. The van der Waals surface area contributed by atoms with Crippen molar-refractivity contribution in [3.8, 4) is 5.75 Å². The molecule has 0 aliphatic rings. The van der Waals surface area contributed by atoms with Crippen LogP contribution in [-0.4, -0.2) is 40.7 Å². The third-order valence-electron chi connectivity index (χ3n) is 3.30. The minimum atomic E-state index is -3.41. The molecule has 0 aliphatic heterocycles. The summed E-state index contributed by atoms with van der Waals surface area (Å²) >= 11 is 0. The van der Waals surface area contributed by atoms with E-state index in [2.05, 4.69) is 25.5 Å². The van der Waals surface area contributed by atoms with Crippen molar-refractivity contribution in [1.82, 2.24) is 4.72 Å². The summed E-state index contributed by atoms with van der Waals surface area (Å²) < 4.78 is 49.9. The summed E-state index contributed by atoms with van der Waals surface area (Å²) in [6.45, 7) is 8.40. The molecule has 0 aromatic heterocycles. The Bertz CT molecular complexity index is 614. The molecule has 0 spiro atoms. The lowest BCUT2D eigenvalue weighted by atomic mass is 9.99. The highest BCUT2D eigenvalue weighted by molar-refractivity contribution is 7.89. The summed E-state index contributed by atoms with van der Waals surface area (Å²) in [7, 11) is -3.41. The molecule has 0 amide bonds. The van der Waals surface area contributed by atoms with Gasteiger partial charge in [-0.1, -0.05) is 32.9 Å². The van der Waals surface area contributed by atoms with Crippen LogP contribution < -0.4 is 9.46 Å². The zero-order chi connectivity index (χ0) is 18.9. The molecule has 0 bridgehead atoms. The first-order chi connectivity index (χ1) is 11.6. The SMILES string of the molecule is C[C@@H](NS(=O)(=O)CCCOCC(C)(C)C)c1cccc(OCCF)c1. The topological polar surface area (TPSA) is 64.6 Å². The summed E-state index contributed by atoms with van der Waals surface area (Å²) in [6, 6.07) is 6.60. The molecule has 0 saturated heterocycles. The molecule has 7 heteroatoms. The van der Waals surface area contributed by atoms with Gasteiger partial charge in [-0.2, -0.15) is 0 Å². The summed E-state index contributed by atoms with van der Waals surface area (Å²) in [6.07, 6.45) is 0.442. The van der Waals surface area contributed by atoms with Crippen molar-refractivity contribution in [2.24, 2.45) is 5.41 Å². The van der Waals surface area contributed by atoms with Gasteiger partial charge in [-0.15, -0.1) is 0 Å². The van der Waals surface area contributed by atoms with Crippen molar-refractivity contribution >= 4 is 10.0 Å². The number of hydrogen-bond acceptors (Lipinski definition) is 4. The Hall–Kier alpha value is -1.18. The van der Waals surface area contributed by atoms with E-state index in [9.17, 15) is 12.8 Å². The Morgan fingerprint density at radius 3 is 2.60 bits per heavy atom. The molecule has 0 saturated carbocycles. The number of halogens is 1. The van der Waals surface area contributed by atoms with E-state index in [1.807, 2.05) is 6.07 Å². The Balaban J connectivity index is 2.47. The second-order valence-electron chi connectivity index (χ2n) is 7.24. The van der Waals surface area contributed by atoms with Gasteiger partial charge in [0.15, 0.2) is 0 Å². The van der Waals surface area contributed by atoms with Crippen LogP contribution in [-0.2, 0) is 14.8 Å². The van der Waals surface area contributed by atoms with Gasteiger partial charge < -0.3 is 9.47 Å². The maximum atomic E-state index is 12.2. The van der Waals surface area contributed by atoms with Crippen LogP contribution in [0.1, 0.15) is 45.7 Å². The van der Waals surface area contributed by atoms with Crippen molar-refractivity contribution in [1.29, 1.82) is 0 Å². The molecule has 0 fully saturated rings. The Morgan fingerprint density at radius 2 is 1.96 bits per heavy atom. The van der Waals surface area contributed by atoms with Crippen molar-refractivity contribution in [2.45, 2.75) is 40.2 Å². The molecule has 0 unspecified atom stereocenters. The van der Waals surface area contributed by atoms with Gasteiger partial charge in [0.1, 0.15) is 19.0 Å². The van der Waals surface area contributed by atoms with Crippen molar-refractivity contribution in [3.63, 3.8) is 0 Å². The van der Waals surface area contributed by atoms with Gasteiger partial charge in [0.05, 0.1) is 12.4 Å². The fourth-order valence-corrected chi connectivity index (χ4v) is 3.45. The van der Waals surface area contributed by atoms with Crippen LogP contribution in [0.2, 0.25) is 0 Å². The predicted octanol–water partition coefficient (Wildman–Crippen LogP) is 3.47. The second-order valence-corrected chi connectivity index (χ2v) is 9.11. The van der Waals surface area contributed by atoms with E-state index in [-0.39, 0.29) is 17.8 Å². The summed E-state index contributed by atoms with van der Waals surface area (Å²) in [4.78, 5) is 0. The van der Waals surface area contributed by atoms with Crippen LogP contribution in [0, 0.1) is 5.41 Å². The van der Waals surface area contributed by atoms with Crippen molar-refractivity contribution in [3.05, 3.63) is 29.8 Å². The van der Waals surface area contributed by atoms with Gasteiger partial charge >= 0.3 is 0 Å². The third kappa shape index (κ3) is 9.77. The molecule has 25 heavy (non-hydrogen) atoms. The molecule has 0 radical (unpaired) electrons. The zero-order valence-corrected chi connectivity index (χ0v) is 16.4. The number of ether oxygens (including phenoxy) is 2. The number of nitrogens with one attached hydrogen (secondary N) is 1. The molecule has 1 N–H and O–H groups in total. The second kappa shape index (κ2) is 10.1. The number of sulfonamides is 1. The van der Waals surface area contributed by atoms with Crippen LogP contribution in [0.5, 0.6) is 5.75 Å². The van der Waals surface area contributed by atoms with Crippen LogP contribution in [0.25, 0.3) is 0 Å². The lowest BCUT2D eigenvalue weighted by Gasteiger charge is -2.18. The van der Waals surface area contributed by atoms with Gasteiger partial charge in [-0.3, -0.25) is 0 Å². The maximum Gasteiger partial charge on any atom is 0.212 e. The molecule has 1 aromatic rings. The van der Waals surface area contributed by atoms with E-state index >= 15 is 0 Å². The quantitative estimate of drug-likeness (QED) is 0.602. The third-order valence-corrected chi connectivity index (χ3v) is 4.84. The van der Waals surface area contributed by atoms with E-state index < -0.39 is 22.7 Å². The van der Waals surface area contributed by atoms with E-state index in [0.29, 0.717) is 25.4 Å². The van der Waals surface area contributed by atoms with E-state index in [1.54, 1.807) is 25.1 Å². The van der Waals surface area contributed by atoms with Gasteiger partial charge in [-0.25, -0.2) is 17.5 Å². The molecule has 1 rings (SSSR count). The largest absolute Gasteiger partial charge is 0.491 e. The number of rotatable bonds is 11. The van der Waals surface area contributed by atoms with Gasteiger partial charge in [0.2, 0.25) is 10.0 Å². The minimum absolute atomic E-state index is 0.0134. The Labute approximate surface area is 151 Å². The summed E-state index contributed by atoms with van der Waals surface area (Å²) in [5.74, 6) is 0.538. The van der Waals surface area contributed by atoms with Gasteiger partial charge in [0.25, 0.3) is 0 Å². The van der Waals surface area contributed by atoms with Crippen LogP contribution in [0.4, 0.5) is 4.39 Å². The molecule has 144 valence electrons. The fraction of sp³-hybridized carbons (Fsp3) is 0.667. The van der Waals surface area contributed by atoms with Crippen LogP contribution >= 0.6 is 0 Å². The first-order valence-corrected chi connectivity index (χ1v) is 10.1. The lowest BCUT2D eigenvalue weighted by Crippen LogP contribution is -2.29. The van der Waals surface area contributed by atoms with Crippen molar-refractivity contribution in [2.75, 3.05) is 32.2 Å². The van der Waals surface area contributed by atoms with Gasteiger partial charge in [-0.05, 0) is 36.5 Å². The first kappa shape index (κ1) is 21.9. The molecule has 0 aliphatic carbocycles. The number of hydrogen-bond donors (Lipinski definition) is 1. The highest BCUT2D eigenvalue weighted by atomic mass is 32.2. The average Bonchev–Trinajstić information content (AvgIpc) is 2.51. The predicted molar refractivity (Wildman–Crippen MR) is 98.1 cm³/mol. The lowest BCUT2D eigenvalue weighted by molar-refractivity contribution is 0.0720. The molecule has 1 atom stereocenters. The number of benzene rings is 1. The first-order valence-electron chi connectivity index (χ1n) is 8.49. The van der Waals surface area contributed by atoms with Gasteiger partial charge in [0, 0.05) is 12.6 Å².